The minimum Gasteiger partial charge on any atom is -0.383 e. The van der Waals surface area contributed by atoms with E-state index in [1.165, 1.54) is 0 Å². The van der Waals surface area contributed by atoms with E-state index in [2.05, 4.69) is 20.4 Å². The number of fused-ring (bicyclic) bond motifs is 1. The van der Waals surface area contributed by atoms with Gasteiger partial charge in [-0.3, -0.25) is 14.8 Å². The number of nitrogens with two attached hydrogens (primary N) is 1. The molecule has 1 spiro atoms. The van der Waals surface area contributed by atoms with Crippen molar-refractivity contribution >= 4 is 34.7 Å². The molecule has 0 radical (unpaired) electrons. The summed E-state index contributed by atoms with van der Waals surface area (Å²) in [6.45, 7) is 1.46. The number of imide groups is 1. The zero-order valence-corrected chi connectivity index (χ0v) is 16.6. The van der Waals surface area contributed by atoms with E-state index in [0.29, 0.717) is 55.3 Å². The van der Waals surface area contributed by atoms with Gasteiger partial charge in [0, 0.05) is 26.7 Å². The van der Waals surface area contributed by atoms with Gasteiger partial charge in [0.25, 0.3) is 5.91 Å². The molecule has 5 rings (SSSR count). The van der Waals surface area contributed by atoms with Gasteiger partial charge < -0.3 is 15.5 Å². The van der Waals surface area contributed by atoms with Gasteiger partial charge in [-0.25, -0.2) is 4.79 Å². The number of urea groups is 1. The molecule has 1 aromatic carbocycles. The van der Waals surface area contributed by atoms with Crippen molar-refractivity contribution in [2.24, 2.45) is 7.05 Å². The normalized spacial score (nSPS) is 18.4. The van der Waals surface area contributed by atoms with Gasteiger partial charge in [-0.05, 0) is 18.4 Å². The Kier molecular flexibility index (Phi) is 4.09. The summed E-state index contributed by atoms with van der Waals surface area (Å²) in [5.74, 6) is 0.659. The van der Waals surface area contributed by atoms with Crippen LogP contribution >= 0.6 is 0 Å². The first kappa shape index (κ1) is 18.3. The van der Waals surface area contributed by atoms with Gasteiger partial charge in [-0.1, -0.05) is 30.3 Å². The Bertz CT molecular complexity index is 1130. The molecule has 0 unspecified atom stereocenters. The van der Waals surface area contributed by atoms with E-state index in [0.717, 1.165) is 5.56 Å². The SMILES string of the molecule is Cn1ncc2c(N)nc(N3CCC4(CC3)C(=O)NC(=O)N4Cc3ccccc3)nc21. The molecule has 2 aromatic heterocycles. The number of aryl methyl sites for hydroxylation is 1. The largest absolute Gasteiger partial charge is 0.383 e. The van der Waals surface area contributed by atoms with E-state index >= 15 is 0 Å². The van der Waals surface area contributed by atoms with Crippen LogP contribution in [0.5, 0.6) is 0 Å². The van der Waals surface area contributed by atoms with Gasteiger partial charge in [0.2, 0.25) is 5.95 Å². The molecule has 0 aliphatic carbocycles. The van der Waals surface area contributed by atoms with Gasteiger partial charge in [0.05, 0.1) is 11.6 Å². The third-order valence-corrected chi connectivity index (χ3v) is 6.07. The van der Waals surface area contributed by atoms with E-state index < -0.39 is 5.54 Å². The Morgan fingerprint density at radius 3 is 2.60 bits per heavy atom. The van der Waals surface area contributed by atoms with E-state index in [9.17, 15) is 9.59 Å². The maximum Gasteiger partial charge on any atom is 0.325 e. The molecule has 3 amide bonds. The number of hydrogen-bond acceptors (Lipinski definition) is 7. The highest BCUT2D eigenvalue weighted by atomic mass is 16.2. The summed E-state index contributed by atoms with van der Waals surface area (Å²) in [6, 6.07) is 9.36. The summed E-state index contributed by atoms with van der Waals surface area (Å²) < 4.78 is 1.66. The average molecular weight is 406 g/mol. The van der Waals surface area contributed by atoms with Crippen molar-refractivity contribution < 1.29 is 9.59 Å². The summed E-state index contributed by atoms with van der Waals surface area (Å²) in [5.41, 5.74) is 6.89. The molecule has 2 aliphatic heterocycles. The van der Waals surface area contributed by atoms with Crippen LogP contribution in [-0.2, 0) is 18.4 Å². The van der Waals surface area contributed by atoms with Crippen molar-refractivity contribution in [3.8, 4) is 0 Å². The Hall–Kier alpha value is -3.69. The number of hydrogen-bond donors (Lipinski definition) is 2. The lowest BCUT2D eigenvalue weighted by molar-refractivity contribution is -0.127. The fourth-order valence-corrected chi connectivity index (χ4v) is 4.33. The molecule has 0 bridgehead atoms. The fourth-order valence-electron chi connectivity index (χ4n) is 4.33. The van der Waals surface area contributed by atoms with Gasteiger partial charge in [-0.15, -0.1) is 0 Å². The first-order valence-electron chi connectivity index (χ1n) is 9.85. The molecule has 2 saturated heterocycles. The minimum absolute atomic E-state index is 0.231. The Labute approximate surface area is 172 Å². The van der Waals surface area contributed by atoms with Crippen LogP contribution in [-0.4, -0.2) is 55.2 Å². The van der Waals surface area contributed by atoms with E-state index in [1.54, 1.807) is 22.8 Å². The number of nitrogen functional groups attached to an aromatic ring is 1. The van der Waals surface area contributed by atoms with Crippen LogP contribution in [0, 0.1) is 0 Å². The third kappa shape index (κ3) is 2.75. The van der Waals surface area contributed by atoms with Crippen molar-refractivity contribution in [1.29, 1.82) is 0 Å². The van der Waals surface area contributed by atoms with Crippen molar-refractivity contribution in [3.05, 3.63) is 42.1 Å². The molecule has 2 fully saturated rings. The number of nitrogens with zero attached hydrogens (tertiary/aromatic N) is 6. The standard InChI is InChI=1S/C20H22N8O2/c1-26-16-14(11-22-26)15(21)23-18(24-16)27-9-7-20(8-10-27)17(29)25-19(30)28(20)12-13-5-3-2-4-6-13/h2-6,11H,7-10,12H2,1H3,(H2,21,23,24)(H,25,29,30). The second-order valence-electron chi connectivity index (χ2n) is 7.76. The van der Waals surface area contributed by atoms with Crippen molar-refractivity contribution in [2.75, 3.05) is 23.7 Å². The minimum atomic E-state index is -0.856. The molecule has 3 aromatic rings. The summed E-state index contributed by atoms with van der Waals surface area (Å²) in [6.07, 6.45) is 2.63. The van der Waals surface area contributed by atoms with Gasteiger partial charge in [0.15, 0.2) is 5.65 Å². The van der Waals surface area contributed by atoms with E-state index in [-0.39, 0.29) is 11.9 Å². The predicted molar refractivity (Wildman–Crippen MR) is 110 cm³/mol. The zero-order chi connectivity index (χ0) is 20.9. The Morgan fingerprint density at radius 2 is 1.87 bits per heavy atom. The second kappa shape index (κ2) is 6.68. The van der Waals surface area contributed by atoms with Crippen LogP contribution < -0.4 is 16.0 Å². The van der Waals surface area contributed by atoms with E-state index in [1.807, 2.05) is 35.2 Å². The van der Waals surface area contributed by atoms with Crippen LogP contribution in [0.3, 0.4) is 0 Å². The molecule has 4 heterocycles. The predicted octanol–water partition coefficient (Wildman–Crippen LogP) is 1.04. The number of rotatable bonds is 3. The highest BCUT2D eigenvalue weighted by Crippen LogP contribution is 2.35. The Morgan fingerprint density at radius 1 is 1.13 bits per heavy atom. The van der Waals surface area contributed by atoms with Crippen LogP contribution in [0.4, 0.5) is 16.6 Å². The summed E-state index contributed by atoms with van der Waals surface area (Å²) in [5, 5.41) is 7.41. The number of amides is 3. The van der Waals surface area contributed by atoms with E-state index in [4.69, 9.17) is 5.73 Å². The molecule has 0 saturated carbocycles. The summed E-state index contributed by atoms with van der Waals surface area (Å²) in [4.78, 5) is 38.0. The lowest BCUT2D eigenvalue weighted by Gasteiger charge is -2.42. The lowest BCUT2D eigenvalue weighted by Crippen LogP contribution is -2.56. The maximum atomic E-state index is 12.8. The first-order valence-corrected chi connectivity index (χ1v) is 9.85. The lowest BCUT2D eigenvalue weighted by atomic mass is 9.86. The number of piperidine rings is 1. The fraction of sp³-hybridized carbons (Fsp3) is 0.350. The highest BCUT2D eigenvalue weighted by Gasteiger charge is 2.54. The van der Waals surface area contributed by atoms with Gasteiger partial charge in [-0.2, -0.15) is 15.1 Å². The zero-order valence-electron chi connectivity index (χ0n) is 16.6. The number of benzene rings is 1. The average Bonchev–Trinajstić information content (AvgIpc) is 3.23. The van der Waals surface area contributed by atoms with Crippen LogP contribution in [0.1, 0.15) is 18.4 Å². The molecule has 154 valence electrons. The van der Waals surface area contributed by atoms with Gasteiger partial charge >= 0.3 is 6.03 Å². The number of carbonyl (C=O) groups is 2. The van der Waals surface area contributed by atoms with Crippen LogP contribution in [0.2, 0.25) is 0 Å². The van der Waals surface area contributed by atoms with Gasteiger partial charge in [0.1, 0.15) is 11.4 Å². The molecule has 0 atom stereocenters. The quantitative estimate of drug-likeness (QED) is 0.623. The van der Waals surface area contributed by atoms with Crippen molar-refractivity contribution in [2.45, 2.75) is 24.9 Å². The molecule has 2 aliphatic rings. The number of aromatic nitrogens is 4. The van der Waals surface area contributed by atoms with Crippen LogP contribution in [0.25, 0.3) is 11.0 Å². The Balaban J connectivity index is 1.40. The monoisotopic (exact) mass is 406 g/mol. The third-order valence-electron chi connectivity index (χ3n) is 6.07. The van der Waals surface area contributed by atoms with Crippen LogP contribution in [0.15, 0.2) is 36.5 Å². The summed E-state index contributed by atoms with van der Waals surface area (Å²) in [7, 11) is 1.81. The molecule has 10 nitrogen and oxygen atoms in total. The first-order chi connectivity index (χ1) is 14.5. The highest BCUT2D eigenvalue weighted by molar-refractivity contribution is 6.07. The molecule has 30 heavy (non-hydrogen) atoms. The number of carbonyl (C=O) groups excluding carboxylic acids is 2. The molecule has 10 heteroatoms. The molecule has 3 N–H and O–H groups in total. The molecular weight excluding hydrogens is 384 g/mol. The van der Waals surface area contributed by atoms with Crippen molar-refractivity contribution in [1.82, 2.24) is 30.0 Å². The maximum absolute atomic E-state index is 12.8. The number of nitrogens with one attached hydrogen (secondary N) is 1. The summed E-state index contributed by atoms with van der Waals surface area (Å²) >= 11 is 0. The smallest absolute Gasteiger partial charge is 0.325 e. The molecular formula is C20H22N8O2. The second-order valence-corrected chi connectivity index (χ2v) is 7.76. The topological polar surface area (TPSA) is 122 Å². The van der Waals surface area contributed by atoms with Crippen molar-refractivity contribution in [3.63, 3.8) is 0 Å². The number of anilines is 2.